The van der Waals surface area contributed by atoms with E-state index in [4.69, 9.17) is 9.47 Å². The number of carbonyl (C=O) groups excluding carboxylic acids is 2. The zero-order valence-electron chi connectivity index (χ0n) is 18.8. The van der Waals surface area contributed by atoms with Gasteiger partial charge < -0.3 is 24.3 Å². The van der Waals surface area contributed by atoms with E-state index in [0.29, 0.717) is 17.0 Å². The van der Waals surface area contributed by atoms with Crippen molar-refractivity contribution < 1.29 is 19.1 Å². The van der Waals surface area contributed by atoms with Crippen molar-refractivity contribution in [3.05, 3.63) is 59.5 Å². The molecule has 7 heteroatoms. The van der Waals surface area contributed by atoms with Gasteiger partial charge in [0.15, 0.2) is 5.76 Å². The maximum absolute atomic E-state index is 12.9. The Morgan fingerprint density at radius 3 is 2.75 bits per heavy atom. The predicted octanol–water partition coefficient (Wildman–Crippen LogP) is 4.18. The molecule has 0 aliphatic carbocycles. The summed E-state index contributed by atoms with van der Waals surface area (Å²) in [5.41, 5.74) is 3.04. The van der Waals surface area contributed by atoms with Gasteiger partial charge in [0.05, 0.1) is 12.7 Å². The zero-order valence-corrected chi connectivity index (χ0v) is 18.8. The molecule has 1 amide bonds. The number of carbonyl (C=O) groups is 2. The lowest BCUT2D eigenvalue weighted by molar-refractivity contribution is -0.114. The number of hydrogen-bond donors (Lipinski definition) is 1. The van der Waals surface area contributed by atoms with Crippen LogP contribution in [0, 0.1) is 0 Å². The molecule has 166 valence electrons. The monoisotopic (exact) mass is 433 g/mol. The molecule has 0 radical (unpaired) electrons. The average Bonchev–Trinajstić information content (AvgIpc) is 3.24. The minimum absolute atomic E-state index is 0.175. The Hall–Kier alpha value is -3.58. The summed E-state index contributed by atoms with van der Waals surface area (Å²) in [6, 6.07) is 11.0. The van der Waals surface area contributed by atoms with Gasteiger partial charge in [0.25, 0.3) is 0 Å². The number of aromatic nitrogens is 1. The second kappa shape index (κ2) is 8.88. The molecule has 7 nitrogen and oxygen atoms in total. The van der Waals surface area contributed by atoms with Crippen LogP contribution in [0.3, 0.4) is 0 Å². The van der Waals surface area contributed by atoms with Crippen LogP contribution in [0.15, 0.2) is 48.4 Å². The quantitative estimate of drug-likeness (QED) is 0.566. The maximum Gasteiger partial charge on any atom is 0.231 e. The Kier molecular flexibility index (Phi) is 6.01. The van der Waals surface area contributed by atoms with Crippen LogP contribution in [0.25, 0.3) is 17.0 Å². The summed E-state index contributed by atoms with van der Waals surface area (Å²) >= 11 is 0. The molecule has 1 aliphatic rings. The van der Waals surface area contributed by atoms with Crippen molar-refractivity contribution in [1.29, 1.82) is 0 Å². The lowest BCUT2D eigenvalue weighted by Crippen LogP contribution is -2.14. The molecule has 0 bridgehead atoms. The second-order valence-electron chi connectivity index (χ2n) is 8.15. The molecule has 32 heavy (non-hydrogen) atoms. The van der Waals surface area contributed by atoms with Crippen LogP contribution in [0.5, 0.6) is 11.5 Å². The van der Waals surface area contributed by atoms with Gasteiger partial charge in [-0.25, -0.2) is 0 Å². The van der Waals surface area contributed by atoms with Crippen molar-refractivity contribution in [2.75, 3.05) is 33.1 Å². The van der Waals surface area contributed by atoms with Crippen molar-refractivity contribution >= 4 is 34.4 Å². The Morgan fingerprint density at radius 1 is 1.22 bits per heavy atom. The summed E-state index contributed by atoms with van der Waals surface area (Å²) in [5, 5.41) is 3.70. The molecule has 0 atom stereocenters. The zero-order chi connectivity index (χ0) is 22.8. The van der Waals surface area contributed by atoms with Crippen LogP contribution < -0.4 is 14.8 Å². The number of ether oxygens (including phenoxy) is 2. The normalized spacial score (nSPS) is 14.2. The Balaban J connectivity index is 1.69. The van der Waals surface area contributed by atoms with Gasteiger partial charge >= 0.3 is 0 Å². The Labute approximate surface area is 187 Å². The highest BCUT2D eigenvalue weighted by Gasteiger charge is 2.28. The first-order chi connectivity index (χ1) is 15.4. The van der Waals surface area contributed by atoms with E-state index in [1.54, 1.807) is 31.4 Å². The fraction of sp³-hybridized carbons (Fsp3) is 0.280. The van der Waals surface area contributed by atoms with Crippen molar-refractivity contribution in [2.24, 2.45) is 0 Å². The summed E-state index contributed by atoms with van der Waals surface area (Å²) in [5.74, 6) is 1.10. The van der Waals surface area contributed by atoms with E-state index in [-0.39, 0.29) is 17.4 Å². The molecule has 0 fully saturated rings. The summed E-state index contributed by atoms with van der Waals surface area (Å²) in [4.78, 5) is 26.4. The number of rotatable bonds is 7. The van der Waals surface area contributed by atoms with Crippen LogP contribution in [0.1, 0.15) is 29.3 Å². The SMILES string of the molecule is COc1ccc2c(c1)c(C=C1Oc3cc(NC(C)=O)ccc3C1=O)cn2CCCN(C)C. The van der Waals surface area contributed by atoms with Gasteiger partial charge in [0.1, 0.15) is 11.5 Å². The highest BCUT2D eigenvalue weighted by Crippen LogP contribution is 2.35. The summed E-state index contributed by atoms with van der Waals surface area (Å²) in [6.45, 7) is 3.28. The fourth-order valence-corrected chi connectivity index (χ4v) is 3.90. The molecule has 0 saturated heterocycles. The van der Waals surface area contributed by atoms with Gasteiger partial charge in [-0.1, -0.05) is 0 Å². The van der Waals surface area contributed by atoms with Gasteiger partial charge in [-0.2, -0.15) is 0 Å². The maximum atomic E-state index is 12.9. The molecular formula is C25H27N3O4. The smallest absolute Gasteiger partial charge is 0.231 e. The van der Waals surface area contributed by atoms with Crippen LogP contribution in [-0.2, 0) is 11.3 Å². The van der Waals surface area contributed by atoms with Crippen LogP contribution in [0.2, 0.25) is 0 Å². The van der Waals surface area contributed by atoms with Crippen molar-refractivity contribution in [3.63, 3.8) is 0 Å². The molecule has 1 aliphatic heterocycles. The molecule has 2 heterocycles. The van der Waals surface area contributed by atoms with E-state index in [1.165, 1.54) is 6.92 Å². The minimum Gasteiger partial charge on any atom is -0.497 e. The number of amides is 1. The number of hydrogen-bond acceptors (Lipinski definition) is 5. The van der Waals surface area contributed by atoms with Gasteiger partial charge in [0, 0.05) is 47.9 Å². The van der Waals surface area contributed by atoms with E-state index in [0.717, 1.165) is 41.7 Å². The number of nitrogens with zero attached hydrogens (tertiary/aromatic N) is 2. The summed E-state index contributed by atoms with van der Waals surface area (Å²) in [7, 11) is 5.76. The van der Waals surface area contributed by atoms with Crippen LogP contribution in [0.4, 0.5) is 5.69 Å². The van der Waals surface area contributed by atoms with Gasteiger partial charge in [-0.3, -0.25) is 9.59 Å². The number of fused-ring (bicyclic) bond motifs is 2. The molecule has 0 saturated carbocycles. The number of Topliss-reactive ketones (excluding diaryl/α,β-unsaturated/α-hetero) is 1. The second-order valence-corrected chi connectivity index (χ2v) is 8.15. The fourth-order valence-electron chi connectivity index (χ4n) is 3.90. The van der Waals surface area contributed by atoms with E-state index in [2.05, 4.69) is 35.1 Å². The topological polar surface area (TPSA) is 72.8 Å². The van der Waals surface area contributed by atoms with Gasteiger partial charge in [-0.15, -0.1) is 0 Å². The van der Waals surface area contributed by atoms with Crippen LogP contribution in [-0.4, -0.2) is 48.9 Å². The highest BCUT2D eigenvalue weighted by atomic mass is 16.5. The number of allylic oxidation sites excluding steroid dienone is 1. The van der Waals surface area contributed by atoms with E-state index < -0.39 is 0 Å². The largest absolute Gasteiger partial charge is 0.497 e. The Bertz CT molecular complexity index is 1220. The highest BCUT2D eigenvalue weighted by molar-refractivity contribution is 6.15. The number of aryl methyl sites for hydroxylation is 1. The van der Waals surface area contributed by atoms with E-state index in [9.17, 15) is 9.59 Å². The first-order valence-corrected chi connectivity index (χ1v) is 10.5. The molecule has 4 rings (SSSR count). The number of methoxy groups -OCH3 is 1. The average molecular weight is 434 g/mol. The Morgan fingerprint density at radius 2 is 2.03 bits per heavy atom. The van der Waals surface area contributed by atoms with E-state index >= 15 is 0 Å². The third-order valence-corrected chi connectivity index (χ3v) is 5.40. The molecule has 2 aromatic carbocycles. The van der Waals surface area contributed by atoms with Crippen LogP contribution >= 0.6 is 0 Å². The molecule has 3 aromatic rings. The van der Waals surface area contributed by atoms with Crippen molar-refractivity contribution in [2.45, 2.75) is 19.9 Å². The minimum atomic E-state index is -0.180. The number of ketones is 1. The molecule has 1 aromatic heterocycles. The number of nitrogens with one attached hydrogen (secondary N) is 1. The third kappa shape index (κ3) is 4.38. The molecule has 0 spiro atoms. The molecular weight excluding hydrogens is 406 g/mol. The standard InChI is InChI=1S/C25H27N3O4/c1-16(29)26-18-6-8-20-23(13-18)32-24(25(20)30)12-17-15-28(11-5-10-27(2)3)22-9-7-19(31-4)14-21(17)22/h6-9,12-15H,5,10-11H2,1-4H3,(H,26,29). The van der Waals surface area contributed by atoms with Gasteiger partial charge in [-0.05, 0) is 63.5 Å². The third-order valence-electron chi connectivity index (χ3n) is 5.40. The van der Waals surface area contributed by atoms with Crippen molar-refractivity contribution in [1.82, 2.24) is 9.47 Å². The summed E-state index contributed by atoms with van der Waals surface area (Å²) in [6.07, 6.45) is 4.84. The predicted molar refractivity (Wildman–Crippen MR) is 125 cm³/mol. The number of benzene rings is 2. The first-order valence-electron chi connectivity index (χ1n) is 10.5. The molecule has 1 N–H and O–H groups in total. The lowest BCUT2D eigenvalue weighted by atomic mass is 10.1. The first kappa shape index (κ1) is 21.6. The summed E-state index contributed by atoms with van der Waals surface area (Å²) < 4.78 is 13.5. The van der Waals surface area contributed by atoms with Gasteiger partial charge in [0.2, 0.25) is 11.7 Å². The van der Waals surface area contributed by atoms with E-state index in [1.807, 2.05) is 18.2 Å². The molecule has 0 unspecified atom stereocenters. The lowest BCUT2D eigenvalue weighted by Gasteiger charge is -2.10. The number of anilines is 1. The van der Waals surface area contributed by atoms with Crippen molar-refractivity contribution in [3.8, 4) is 11.5 Å².